The summed E-state index contributed by atoms with van der Waals surface area (Å²) >= 11 is 0. The summed E-state index contributed by atoms with van der Waals surface area (Å²) in [6.45, 7) is 3.22. The monoisotopic (exact) mass is 334 g/mol. The number of para-hydroxylation sites is 1. The Morgan fingerprint density at radius 2 is 1.72 bits per heavy atom. The van der Waals surface area contributed by atoms with Crippen LogP contribution >= 0.6 is 0 Å². The zero-order chi connectivity index (χ0) is 17.4. The predicted octanol–water partition coefficient (Wildman–Crippen LogP) is 3.41. The third-order valence-corrected chi connectivity index (χ3v) is 5.66. The SMILES string of the molecule is Cc1ccccc1C(=O)N1CCC2(CC1)Cc1ccccc1NC2=O. The summed E-state index contributed by atoms with van der Waals surface area (Å²) in [5.41, 5.74) is 3.50. The number of carbonyl (C=O) groups excluding carboxylic acids is 2. The molecule has 25 heavy (non-hydrogen) atoms. The van der Waals surface area contributed by atoms with Crippen molar-refractivity contribution in [3.05, 3.63) is 65.2 Å². The van der Waals surface area contributed by atoms with Crippen LogP contribution < -0.4 is 5.32 Å². The fraction of sp³-hybridized carbons (Fsp3) is 0.333. The first-order valence-electron chi connectivity index (χ1n) is 8.83. The first kappa shape index (κ1) is 15.9. The number of rotatable bonds is 1. The number of hydrogen-bond donors (Lipinski definition) is 1. The maximum Gasteiger partial charge on any atom is 0.254 e. The summed E-state index contributed by atoms with van der Waals surface area (Å²) in [6, 6.07) is 15.7. The van der Waals surface area contributed by atoms with E-state index in [1.165, 1.54) is 5.56 Å². The van der Waals surface area contributed by atoms with Crippen molar-refractivity contribution in [2.45, 2.75) is 26.2 Å². The van der Waals surface area contributed by atoms with Gasteiger partial charge < -0.3 is 10.2 Å². The third kappa shape index (κ3) is 2.72. The molecule has 0 radical (unpaired) electrons. The lowest BCUT2D eigenvalue weighted by Gasteiger charge is -2.43. The predicted molar refractivity (Wildman–Crippen MR) is 97.5 cm³/mol. The van der Waals surface area contributed by atoms with Gasteiger partial charge in [-0.05, 0) is 49.4 Å². The van der Waals surface area contributed by atoms with Crippen LogP contribution in [0.2, 0.25) is 0 Å². The van der Waals surface area contributed by atoms with Crippen LogP contribution in [0.5, 0.6) is 0 Å². The van der Waals surface area contributed by atoms with Gasteiger partial charge in [-0.1, -0.05) is 36.4 Å². The van der Waals surface area contributed by atoms with E-state index in [1.807, 2.05) is 54.3 Å². The van der Waals surface area contributed by atoms with Gasteiger partial charge in [-0.3, -0.25) is 9.59 Å². The number of aryl methyl sites for hydroxylation is 1. The van der Waals surface area contributed by atoms with E-state index in [-0.39, 0.29) is 17.2 Å². The summed E-state index contributed by atoms with van der Waals surface area (Å²) in [6.07, 6.45) is 2.19. The molecular formula is C21H22N2O2. The fourth-order valence-corrected chi connectivity index (χ4v) is 4.02. The highest BCUT2D eigenvalue weighted by atomic mass is 16.2. The molecule has 2 heterocycles. The van der Waals surface area contributed by atoms with E-state index in [0.29, 0.717) is 25.9 Å². The molecule has 2 aromatic rings. The van der Waals surface area contributed by atoms with Crippen molar-refractivity contribution in [2.75, 3.05) is 18.4 Å². The molecule has 0 saturated carbocycles. The second kappa shape index (κ2) is 6.03. The summed E-state index contributed by atoms with van der Waals surface area (Å²) < 4.78 is 0. The summed E-state index contributed by atoms with van der Waals surface area (Å²) in [7, 11) is 0. The standard InChI is InChI=1S/C21H22N2O2/c1-15-6-2-4-8-17(15)19(24)23-12-10-21(11-13-23)14-16-7-3-5-9-18(16)22-20(21)25/h2-9H,10-14H2,1H3,(H,22,25). The van der Waals surface area contributed by atoms with E-state index in [0.717, 1.165) is 23.2 Å². The Hall–Kier alpha value is -2.62. The maximum atomic E-state index is 12.8. The molecule has 1 saturated heterocycles. The van der Waals surface area contributed by atoms with Gasteiger partial charge in [0.25, 0.3) is 5.91 Å². The van der Waals surface area contributed by atoms with Crippen molar-refractivity contribution in [2.24, 2.45) is 5.41 Å². The van der Waals surface area contributed by atoms with Crippen LogP contribution in [-0.2, 0) is 11.2 Å². The third-order valence-electron chi connectivity index (χ3n) is 5.66. The molecule has 2 aromatic carbocycles. The molecule has 0 unspecified atom stereocenters. The van der Waals surface area contributed by atoms with Crippen LogP contribution in [0.15, 0.2) is 48.5 Å². The Labute approximate surface area is 147 Å². The smallest absolute Gasteiger partial charge is 0.254 e. The van der Waals surface area contributed by atoms with Gasteiger partial charge in [0.15, 0.2) is 0 Å². The number of piperidine rings is 1. The Kier molecular flexibility index (Phi) is 3.83. The quantitative estimate of drug-likeness (QED) is 0.869. The molecule has 2 amide bonds. The molecule has 2 aliphatic heterocycles. The average Bonchev–Trinajstić information content (AvgIpc) is 2.63. The number of fused-ring (bicyclic) bond motifs is 1. The number of amides is 2. The van der Waals surface area contributed by atoms with Gasteiger partial charge in [-0.25, -0.2) is 0 Å². The second-order valence-corrected chi connectivity index (χ2v) is 7.18. The van der Waals surface area contributed by atoms with E-state index >= 15 is 0 Å². The van der Waals surface area contributed by atoms with E-state index in [9.17, 15) is 9.59 Å². The average molecular weight is 334 g/mol. The first-order valence-corrected chi connectivity index (χ1v) is 8.83. The minimum atomic E-state index is -0.378. The molecular weight excluding hydrogens is 312 g/mol. The van der Waals surface area contributed by atoms with E-state index in [2.05, 4.69) is 11.4 Å². The number of anilines is 1. The lowest BCUT2D eigenvalue weighted by molar-refractivity contribution is -0.128. The molecule has 0 aromatic heterocycles. The maximum absolute atomic E-state index is 12.8. The van der Waals surface area contributed by atoms with Gasteiger partial charge >= 0.3 is 0 Å². The zero-order valence-corrected chi connectivity index (χ0v) is 14.4. The lowest BCUT2D eigenvalue weighted by Crippen LogP contribution is -2.51. The number of nitrogens with one attached hydrogen (secondary N) is 1. The van der Waals surface area contributed by atoms with Gasteiger partial charge in [0.05, 0.1) is 5.41 Å². The Bertz CT molecular complexity index is 835. The number of hydrogen-bond acceptors (Lipinski definition) is 2. The van der Waals surface area contributed by atoms with Crippen LogP contribution in [0.3, 0.4) is 0 Å². The topological polar surface area (TPSA) is 49.4 Å². The molecule has 4 heteroatoms. The minimum absolute atomic E-state index is 0.0737. The summed E-state index contributed by atoms with van der Waals surface area (Å²) in [4.78, 5) is 27.4. The molecule has 4 rings (SSSR count). The minimum Gasteiger partial charge on any atom is -0.339 e. The van der Waals surface area contributed by atoms with Crippen LogP contribution in [0.1, 0.15) is 34.3 Å². The van der Waals surface area contributed by atoms with Gasteiger partial charge in [0.1, 0.15) is 0 Å². The van der Waals surface area contributed by atoms with Gasteiger partial charge in [-0.2, -0.15) is 0 Å². The molecule has 0 aliphatic carbocycles. The normalized spacial score (nSPS) is 18.6. The number of carbonyl (C=O) groups is 2. The molecule has 1 N–H and O–H groups in total. The number of likely N-dealkylation sites (tertiary alicyclic amines) is 1. The van der Waals surface area contributed by atoms with Crippen LogP contribution in [0.4, 0.5) is 5.69 Å². The van der Waals surface area contributed by atoms with Gasteiger partial charge in [0, 0.05) is 24.3 Å². The van der Waals surface area contributed by atoms with Gasteiger partial charge in [0.2, 0.25) is 5.91 Å². The number of benzene rings is 2. The van der Waals surface area contributed by atoms with Crippen molar-refractivity contribution in [1.82, 2.24) is 4.90 Å². The largest absolute Gasteiger partial charge is 0.339 e. The van der Waals surface area contributed by atoms with Crippen molar-refractivity contribution >= 4 is 17.5 Å². The Morgan fingerprint density at radius 3 is 2.48 bits per heavy atom. The van der Waals surface area contributed by atoms with E-state index in [4.69, 9.17) is 0 Å². The Morgan fingerprint density at radius 1 is 1.04 bits per heavy atom. The van der Waals surface area contributed by atoms with Crippen molar-refractivity contribution < 1.29 is 9.59 Å². The lowest BCUT2D eigenvalue weighted by atomic mass is 9.71. The van der Waals surface area contributed by atoms with Crippen molar-refractivity contribution in [1.29, 1.82) is 0 Å². The van der Waals surface area contributed by atoms with Crippen LogP contribution in [0.25, 0.3) is 0 Å². The second-order valence-electron chi connectivity index (χ2n) is 7.18. The Balaban J connectivity index is 1.51. The number of nitrogens with zero attached hydrogens (tertiary/aromatic N) is 1. The van der Waals surface area contributed by atoms with Crippen LogP contribution in [-0.4, -0.2) is 29.8 Å². The summed E-state index contributed by atoms with van der Waals surface area (Å²) in [5.74, 6) is 0.179. The highest BCUT2D eigenvalue weighted by Gasteiger charge is 2.45. The molecule has 1 spiro atoms. The molecule has 0 atom stereocenters. The fourth-order valence-electron chi connectivity index (χ4n) is 4.02. The first-order chi connectivity index (χ1) is 12.1. The van der Waals surface area contributed by atoms with Crippen LogP contribution in [0, 0.1) is 12.3 Å². The molecule has 0 bridgehead atoms. The molecule has 1 fully saturated rings. The highest BCUT2D eigenvalue weighted by Crippen LogP contribution is 2.41. The van der Waals surface area contributed by atoms with E-state index in [1.54, 1.807) is 0 Å². The molecule has 4 nitrogen and oxygen atoms in total. The highest BCUT2D eigenvalue weighted by molar-refractivity contribution is 5.99. The van der Waals surface area contributed by atoms with Gasteiger partial charge in [-0.15, -0.1) is 0 Å². The van der Waals surface area contributed by atoms with E-state index < -0.39 is 0 Å². The zero-order valence-electron chi connectivity index (χ0n) is 14.4. The molecule has 2 aliphatic rings. The summed E-state index contributed by atoms with van der Waals surface area (Å²) in [5, 5.41) is 3.06. The van der Waals surface area contributed by atoms with Crippen molar-refractivity contribution in [3.8, 4) is 0 Å². The van der Waals surface area contributed by atoms with Crippen molar-refractivity contribution in [3.63, 3.8) is 0 Å². The molecule has 128 valence electrons.